The second kappa shape index (κ2) is 8.49. The first kappa shape index (κ1) is 21.9. The van der Waals surface area contributed by atoms with Crippen LogP contribution in [0.1, 0.15) is 10.4 Å². The zero-order valence-electron chi connectivity index (χ0n) is 17.1. The third-order valence-electron chi connectivity index (χ3n) is 4.59. The number of nitriles is 1. The van der Waals surface area contributed by atoms with Gasteiger partial charge in [0.05, 0.1) is 23.2 Å². The molecule has 3 rings (SSSR count). The third-order valence-corrected chi connectivity index (χ3v) is 5.20. The van der Waals surface area contributed by atoms with E-state index < -0.39 is 28.4 Å². The van der Waals surface area contributed by atoms with Crippen molar-refractivity contribution >= 4 is 38.8 Å². The summed E-state index contributed by atoms with van der Waals surface area (Å²) in [6, 6.07) is 15.1. The lowest BCUT2D eigenvalue weighted by Gasteiger charge is -2.19. The van der Waals surface area contributed by atoms with Crippen LogP contribution in [-0.2, 0) is 19.6 Å². The first-order chi connectivity index (χ1) is 14.6. The minimum absolute atomic E-state index is 0.0649. The fraction of sp³-hybridized carbons (Fsp3) is 0.190. The fourth-order valence-electron chi connectivity index (χ4n) is 3.27. The number of ether oxygens (including phenoxy) is 1. The highest BCUT2D eigenvalue weighted by atomic mass is 32.2. The largest absolute Gasteiger partial charge is 0.454 e. The smallest absolute Gasteiger partial charge is 0.338 e. The second-order valence-corrected chi connectivity index (χ2v) is 8.62. The number of sulfonamides is 1. The SMILES string of the molecule is CN1C(=C(C#N)C(=O)COC(=O)c2cccc(NS(C)(=O)=O)c2)N(C)c2ccccc21. The van der Waals surface area contributed by atoms with Crippen LogP contribution in [0.25, 0.3) is 0 Å². The number of carbonyl (C=O) groups is 2. The molecule has 2 aromatic carbocycles. The fourth-order valence-corrected chi connectivity index (χ4v) is 3.82. The first-order valence-electron chi connectivity index (χ1n) is 9.11. The molecule has 0 aromatic heterocycles. The Morgan fingerprint density at radius 2 is 1.68 bits per heavy atom. The van der Waals surface area contributed by atoms with Gasteiger partial charge in [0.15, 0.2) is 6.61 Å². The van der Waals surface area contributed by atoms with Crippen molar-refractivity contribution in [1.29, 1.82) is 5.26 Å². The molecule has 0 saturated carbocycles. The maximum atomic E-state index is 12.7. The van der Waals surface area contributed by atoms with Crippen molar-refractivity contribution in [3.63, 3.8) is 0 Å². The second-order valence-electron chi connectivity index (χ2n) is 6.87. The lowest BCUT2D eigenvalue weighted by atomic mass is 10.1. The summed E-state index contributed by atoms with van der Waals surface area (Å²) in [4.78, 5) is 28.5. The number of nitrogens with zero attached hydrogens (tertiary/aromatic N) is 3. The number of hydrogen-bond acceptors (Lipinski definition) is 8. The van der Waals surface area contributed by atoms with Gasteiger partial charge in [0, 0.05) is 19.8 Å². The summed E-state index contributed by atoms with van der Waals surface area (Å²) in [5, 5.41) is 9.61. The molecule has 0 radical (unpaired) electrons. The predicted molar refractivity (Wildman–Crippen MR) is 116 cm³/mol. The maximum Gasteiger partial charge on any atom is 0.338 e. The number of carbonyl (C=O) groups excluding carboxylic acids is 2. The van der Waals surface area contributed by atoms with Crippen LogP contribution in [0.4, 0.5) is 17.1 Å². The predicted octanol–water partition coefficient (Wildman–Crippen LogP) is 2.11. The van der Waals surface area contributed by atoms with Crippen LogP contribution < -0.4 is 14.5 Å². The van der Waals surface area contributed by atoms with Gasteiger partial charge in [-0.25, -0.2) is 13.2 Å². The van der Waals surface area contributed by atoms with E-state index in [1.54, 1.807) is 23.9 Å². The van der Waals surface area contributed by atoms with E-state index in [9.17, 15) is 23.3 Å². The van der Waals surface area contributed by atoms with Gasteiger partial charge >= 0.3 is 5.97 Å². The molecule has 1 aliphatic heterocycles. The van der Waals surface area contributed by atoms with Crippen LogP contribution in [0.2, 0.25) is 0 Å². The normalized spacial score (nSPS) is 12.8. The molecular formula is C21H20N4O5S. The highest BCUT2D eigenvalue weighted by Gasteiger charge is 2.31. The summed E-state index contributed by atoms with van der Waals surface area (Å²) in [5.74, 6) is -1.07. The van der Waals surface area contributed by atoms with E-state index in [-0.39, 0.29) is 16.8 Å². The van der Waals surface area contributed by atoms with Gasteiger partial charge in [-0.15, -0.1) is 0 Å². The number of esters is 1. The van der Waals surface area contributed by atoms with Gasteiger partial charge < -0.3 is 14.5 Å². The minimum atomic E-state index is -3.51. The van der Waals surface area contributed by atoms with Gasteiger partial charge in [-0.05, 0) is 30.3 Å². The number of hydrogen-bond donors (Lipinski definition) is 1. The van der Waals surface area contributed by atoms with Crippen LogP contribution in [0.15, 0.2) is 59.9 Å². The average molecular weight is 440 g/mol. The molecule has 1 heterocycles. The van der Waals surface area contributed by atoms with Crippen LogP contribution >= 0.6 is 0 Å². The lowest BCUT2D eigenvalue weighted by molar-refractivity contribution is -0.118. The number of benzene rings is 2. The van der Waals surface area contributed by atoms with Crippen molar-refractivity contribution in [1.82, 2.24) is 0 Å². The molecule has 0 bridgehead atoms. The van der Waals surface area contributed by atoms with Crippen molar-refractivity contribution in [2.75, 3.05) is 41.5 Å². The molecule has 0 saturated heterocycles. The Hall–Kier alpha value is -3.84. The number of anilines is 3. The molecule has 1 N–H and O–H groups in total. The number of ketones is 1. The molecular weight excluding hydrogens is 420 g/mol. The zero-order chi connectivity index (χ0) is 22.8. The molecule has 9 nitrogen and oxygen atoms in total. The van der Waals surface area contributed by atoms with Crippen molar-refractivity contribution in [3.05, 3.63) is 65.5 Å². The monoisotopic (exact) mass is 440 g/mol. The van der Waals surface area contributed by atoms with E-state index in [0.717, 1.165) is 17.6 Å². The van der Waals surface area contributed by atoms with E-state index in [0.29, 0.717) is 5.82 Å². The van der Waals surface area contributed by atoms with Gasteiger partial charge in [-0.3, -0.25) is 9.52 Å². The van der Waals surface area contributed by atoms with E-state index in [2.05, 4.69) is 4.72 Å². The molecule has 31 heavy (non-hydrogen) atoms. The maximum absolute atomic E-state index is 12.7. The van der Waals surface area contributed by atoms with Crippen molar-refractivity contribution in [3.8, 4) is 6.07 Å². The number of rotatable bonds is 6. The average Bonchev–Trinajstić information content (AvgIpc) is 2.97. The molecule has 0 fully saturated rings. The molecule has 0 spiro atoms. The van der Waals surface area contributed by atoms with Crippen molar-refractivity contribution in [2.45, 2.75) is 0 Å². The number of nitrogens with one attached hydrogen (secondary N) is 1. The van der Waals surface area contributed by atoms with Gasteiger partial charge in [0.25, 0.3) is 0 Å². The summed E-state index contributed by atoms with van der Waals surface area (Å²) < 4.78 is 30.0. The van der Waals surface area contributed by atoms with Crippen LogP contribution in [-0.4, -0.2) is 47.1 Å². The summed E-state index contributed by atoms with van der Waals surface area (Å²) >= 11 is 0. The van der Waals surface area contributed by atoms with Gasteiger partial charge in [-0.1, -0.05) is 18.2 Å². The summed E-state index contributed by atoms with van der Waals surface area (Å²) in [6.07, 6.45) is 0.989. The van der Waals surface area contributed by atoms with Crippen LogP contribution in [0.5, 0.6) is 0 Å². The number of para-hydroxylation sites is 2. The molecule has 2 aromatic rings. The lowest BCUT2D eigenvalue weighted by Crippen LogP contribution is -2.27. The van der Waals surface area contributed by atoms with E-state index >= 15 is 0 Å². The number of fused-ring (bicyclic) bond motifs is 1. The van der Waals surface area contributed by atoms with Crippen molar-refractivity contribution in [2.24, 2.45) is 0 Å². The summed E-state index contributed by atoms with van der Waals surface area (Å²) in [6.45, 7) is -0.632. The Labute approximate surface area is 180 Å². The minimum Gasteiger partial charge on any atom is -0.454 e. The highest BCUT2D eigenvalue weighted by molar-refractivity contribution is 7.92. The topological polar surface area (TPSA) is 120 Å². The highest BCUT2D eigenvalue weighted by Crippen LogP contribution is 2.40. The molecule has 0 unspecified atom stereocenters. The third kappa shape index (κ3) is 4.67. The quantitative estimate of drug-likeness (QED) is 0.412. The molecule has 0 atom stereocenters. The Kier molecular flexibility index (Phi) is 5.99. The van der Waals surface area contributed by atoms with Crippen molar-refractivity contribution < 1.29 is 22.7 Å². The van der Waals surface area contributed by atoms with E-state index in [1.807, 2.05) is 30.3 Å². The molecule has 0 amide bonds. The van der Waals surface area contributed by atoms with Gasteiger partial charge in [0.2, 0.25) is 15.8 Å². The summed E-state index contributed by atoms with van der Waals surface area (Å²) in [5.41, 5.74) is 1.80. The standard InChI is InChI=1S/C21H20N4O5S/c1-24-17-9-4-5-10-18(17)25(2)20(24)16(12-22)19(26)13-30-21(27)14-7-6-8-15(11-14)23-31(3,28)29/h4-11,23H,13H2,1-3H3. The zero-order valence-corrected chi connectivity index (χ0v) is 17.9. The van der Waals surface area contributed by atoms with Gasteiger partial charge in [0.1, 0.15) is 17.5 Å². The van der Waals surface area contributed by atoms with E-state index in [4.69, 9.17) is 4.74 Å². The van der Waals surface area contributed by atoms with Crippen LogP contribution in [0.3, 0.4) is 0 Å². The van der Waals surface area contributed by atoms with Gasteiger partial charge in [-0.2, -0.15) is 5.26 Å². The molecule has 0 aliphatic carbocycles. The Bertz CT molecular complexity index is 1200. The Morgan fingerprint density at radius 1 is 1.06 bits per heavy atom. The molecule has 10 heteroatoms. The molecule has 1 aliphatic rings. The summed E-state index contributed by atoms with van der Waals surface area (Å²) in [7, 11) is -0.0210. The van der Waals surface area contributed by atoms with E-state index in [1.165, 1.54) is 24.3 Å². The Balaban J connectivity index is 1.76. The number of Topliss-reactive ketones (excluding diaryl/α,β-unsaturated/α-hetero) is 1. The van der Waals surface area contributed by atoms with Crippen LogP contribution in [0, 0.1) is 11.3 Å². The molecule has 160 valence electrons. The first-order valence-corrected chi connectivity index (χ1v) is 11.0. The Morgan fingerprint density at radius 3 is 2.23 bits per heavy atom.